The Morgan fingerprint density at radius 1 is 1.07 bits per heavy atom. The van der Waals surface area contributed by atoms with Gasteiger partial charge in [0.25, 0.3) is 5.91 Å². The predicted molar refractivity (Wildman–Crippen MR) is 111 cm³/mol. The molecule has 0 fully saturated rings. The van der Waals surface area contributed by atoms with E-state index in [1.54, 1.807) is 18.3 Å². The van der Waals surface area contributed by atoms with Crippen LogP contribution in [0.15, 0.2) is 76.7 Å². The highest BCUT2D eigenvalue weighted by molar-refractivity contribution is 7.99. The third-order valence-electron chi connectivity index (χ3n) is 4.09. The van der Waals surface area contributed by atoms with Gasteiger partial charge in [0.15, 0.2) is 0 Å². The number of pyridine rings is 1. The summed E-state index contributed by atoms with van der Waals surface area (Å²) in [6, 6.07) is 20.8. The van der Waals surface area contributed by atoms with Crippen molar-refractivity contribution in [2.45, 2.75) is 16.3 Å². The average Bonchev–Trinajstić information content (AvgIpc) is 2.73. The zero-order chi connectivity index (χ0) is 19.9. The second kappa shape index (κ2) is 9.07. The fourth-order valence-corrected chi connectivity index (χ4v) is 3.78. The molecule has 140 valence electrons. The maximum Gasteiger partial charge on any atom is 0.252 e. The first-order valence-electron chi connectivity index (χ1n) is 8.75. The van der Waals surface area contributed by atoms with Gasteiger partial charge in [0, 0.05) is 42.2 Å². The minimum absolute atomic E-state index is 0.161. The average molecular weight is 388 g/mol. The van der Waals surface area contributed by atoms with Crippen molar-refractivity contribution in [3.8, 4) is 6.07 Å². The highest BCUT2D eigenvalue weighted by Crippen LogP contribution is 2.32. The molecule has 0 aliphatic rings. The number of nitrogens with zero attached hydrogens (tertiary/aromatic N) is 3. The first-order chi connectivity index (χ1) is 13.6. The molecule has 0 saturated carbocycles. The second-order valence-corrected chi connectivity index (χ2v) is 7.35. The van der Waals surface area contributed by atoms with E-state index in [0.29, 0.717) is 17.7 Å². The molecule has 0 radical (unpaired) electrons. The molecular formula is C22H20N4OS. The molecule has 3 aromatic rings. The topological polar surface area (TPSA) is 69.0 Å². The minimum atomic E-state index is -0.161. The third-order valence-corrected chi connectivity index (χ3v) is 5.24. The molecule has 1 heterocycles. The molecule has 1 N–H and O–H groups in total. The summed E-state index contributed by atoms with van der Waals surface area (Å²) in [5.41, 5.74) is 2.12. The van der Waals surface area contributed by atoms with Crippen LogP contribution in [-0.2, 0) is 6.54 Å². The summed E-state index contributed by atoms with van der Waals surface area (Å²) in [7, 11) is 3.85. The molecule has 3 rings (SSSR count). The number of anilines is 1. The van der Waals surface area contributed by atoms with Crippen molar-refractivity contribution in [3.05, 3.63) is 83.6 Å². The lowest BCUT2D eigenvalue weighted by Crippen LogP contribution is -2.25. The summed E-state index contributed by atoms with van der Waals surface area (Å²) < 4.78 is 0. The first kappa shape index (κ1) is 19.5. The number of nitriles is 1. The minimum Gasteiger partial charge on any atom is -0.362 e. The van der Waals surface area contributed by atoms with Gasteiger partial charge >= 0.3 is 0 Å². The van der Waals surface area contributed by atoms with Crippen LogP contribution < -0.4 is 10.2 Å². The Bertz CT molecular complexity index is 1030. The van der Waals surface area contributed by atoms with Crippen LogP contribution in [0.2, 0.25) is 0 Å². The molecule has 0 spiro atoms. The van der Waals surface area contributed by atoms with Gasteiger partial charge in [0.05, 0.1) is 11.1 Å². The maximum absolute atomic E-state index is 12.8. The summed E-state index contributed by atoms with van der Waals surface area (Å²) in [6.45, 7) is 0.383. The number of carbonyl (C=O) groups excluding carboxylic acids is 1. The molecular weight excluding hydrogens is 368 g/mol. The van der Waals surface area contributed by atoms with Crippen molar-refractivity contribution in [2.24, 2.45) is 0 Å². The van der Waals surface area contributed by atoms with Gasteiger partial charge in [-0.1, -0.05) is 42.1 Å². The standard InChI is InChI=1S/C22H20N4OS/c1-26(2)21-17(9-7-13-24-21)15-25-22(27)18-10-4-6-12-20(18)28-19-11-5-3-8-16(19)14-23/h3-13H,15H2,1-2H3,(H,25,27). The van der Waals surface area contributed by atoms with Crippen molar-refractivity contribution in [2.75, 3.05) is 19.0 Å². The molecule has 0 atom stereocenters. The molecule has 0 unspecified atom stereocenters. The number of carbonyl (C=O) groups is 1. The van der Waals surface area contributed by atoms with Gasteiger partial charge in [-0.05, 0) is 30.3 Å². The van der Waals surface area contributed by atoms with Gasteiger partial charge in [-0.3, -0.25) is 4.79 Å². The van der Waals surface area contributed by atoms with Crippen LogP contribution in [0.3, 0.4) is 0 Å². The quantitative estimate of drug-likeness (QED) is 0.688. The number of amides is 1. The fraction of sp³-hybridized carbons (Fsp3) is 0.136. The van der Waals surface area contributed by atoms with Crippen molar-refractivity contribution in [1.82, 2.24) is 10.3 Å². The van der Waals surface area contributed by atoms with E-state index in [2.05, 4.69) is 16.4 Å². The van der Waals surface area contributed by atoms with Crippen molar-refractivity contribution in [3.63, 3.8) is 0 Å². The van der Waals surface area contributed by atoms with E-state index in [4.69, 9.17) is 0 Å². The number of benzene rings is 2. The Morgan fingerprint density at radius 2 is 1.79 bits per heavy atom. The fourth-order valence-electron chi connectivity index (χ4n) is 2.75. The lowest BCUT2D eigenvalue weighted by Gasteiger charge is -2.16. The molecule has 0 aliphatic heterocycles. The number of aromatic nitrogens is 1. The van der Waals surface area contributed by atoms with E-state index < -0.39 is 0 Å². The normalized spacial score (nSPS) is 10.2. The molecule has 6 heteroatoms. The predicted octanol–water partition coefficient (Wildman–Crippen LogP) is 4.10. The van der Waals surface area contributed by atoms with E-state index in [1.807, 2.05) is 67.5 Å². The Hall–Kier alpha value is -3.30. The Morgan fingerprint density at radius 3 is 2.54 bits per heavy atom. The third kappa shape index (κ3) is 4.51. The van der Waals surface area contributed by atoms with Crippen LogP contribution in [0.1, 0.15) is 21.5 Å². The number of hydrogen-bond donors (Lipinski definition) is 1. The largest absolute Gasteiger partial charge is 0.362 e. The zero-order valence-electron chi connectivity index (χ0n) is 15.7. The summed E-state index contributed by atoms with van der Waals surface area (Å²) in [4.78, 5) is 20.8. The van der Waals surface area contributed by atoms with Crippen LogP contribution in [0, 0.1) is 11.3 Å². The maximum atomic E-state index is 12.8. The van der Waals surface area contributed by atoms with Crippen LogP contribution in [0.5, 0.6) is 0 Å². The number of rotatable bonds is 6. The SMILES string of the molecule is CN(C)c1ncccc1CNC(=O)c1ccccc1Sc1ccccc1C#N. The Labute approximate surface area is 169 Å². The molecule has 28 heavy (non-hydrogen) atoms. The van der Waals surface area contributed by atoms with Gasteiger partial charge in [-0.25, -0.2) is 4.98 Å². The van der Waals surface area contributed by atoms with Crippen molar-refractivity contribution in [1.29, 1.82) is 5.26 Å². The first-order valence-corrected chi connectivity index (χ1v) is 9.57. The Balaban J connectivity index is 1.79. The molecule has 1 amide bonds. The molecule has 5 nitrogen and oxygen atoms in total. The lowest BCUT2D eigenvalue weighted by molar-refractivity contribution is 0.0948. The summed E-state index contributed by atoms with van der Waals surface area (Å²) in [5, 5.41) is 12.3. The van der Waals surface area contributed by atoms with E-state index in [0.717, 1.165) is 21.2 Å². The molecule has 0 aliphatic carbocycles. The summed E-state index contributed by atoms with van der Waals surface area (Å²) >= 11 is 1.42. The van der Waals surface area contributed by atoms with E-state index in [1.165, 1.54) is 11.8 Å². The zero-order valence-corrected chi connectivity index (χ0v) is 16.5. The second-order valence-electron chi connectivity index (χ2n) is 6.27. The smallest absolute Gasteiger partial charge is 0.252 e. The van der Waals surface area contributed by atoms with Crippen LogP contribution in [-0.4, -0.2) is 25.0 Å². The molecule has 1 aromatic heterocycles. The summed E-state index contributed by atoms with van der Waals surface area (Å²) in [5.74, 6) is 0.666. The van der Waals surface area contributed by atoms with Crippen molar-refractivity contribution >= 4 is 23.5 Å². The van der Waals surface area contributed by atoms with Crippen LogP contribution in [0.4, 0.5) is 5.82 Å². The van der Waals surface area contributed by atoms with Gasteiger partial charge in [0.1, 0.15) is 11.9 Å². The number of nitrogens with one attached hydrogen (secondary N) is 1. The number of hydrogen-bond acceptors (Lipinski definition) is 5. The molecule has 0 bridgehead atoms. The van der Waals surface area contributed by atoms with E-state index in [9.17, 15) is 10.1 Å². The molecule has 2 aromatic carbocycles. The van der Waals surface area contributed by atoms with Gasteiger partial charge in [0.2, 0.25) is 0 Å². The highest BCUT2D eigenvalue weighted by Gasteiger charge is 2.14. The highest BCUT2D eigenvalue weighted by atomic mass is 32.2. The van der Waals surface area contributed by atoms with Crippen LogP contribution in [0.25, 0.3) is 0 Å². The van der Waals surface area contributed by atoms with E-state index in [-0.39, 0.29) is 5.91 Å². The summed E-state index contributed by atoms with van der Waals surface area (Å²) in [6.07, 6.45) is 1.74. The monoisotopic (exact) mass is 388 g/mol. The van der Waals surface area contributed by atoms with Crippen molar-refractivity contribution < 1.29 is 4.79 Å². The van der Waals surface area contributed by atoms with Gasteiger partial charge in [-0.15, -0.1) is 0 Å². The van der Waals surface area contributed by atoms with Gasteiger partial charge in [-0.2, -0.15) is 5.26 Å². The Kier molecular flexibility index (Phi) is 6.30. The molecule has 0 saturated heterocycles. The van der Waals surface area contributed by atoms with Crippen LogP contribution >= 0.6 is 11.8 Å². The van der Waals surface area contributed by atoms with Gasteiger partial charge < -0.3 is 10.2 Å². The van der Waals surface area contributed by atoms with E-state index >= 15 is 0 Å². The lowest BCUT2D eigenvalue weighted by atomic mass is 10.2.